The van der Waals surface area contributed by atoms with Crippen LogP contribution in [0.4, 0.5) is 0 Å². The first kappa shape index (κ1) is 8.90. The minimum Gasteiger partial charge on any atom is -0.535 e. The predicted octanol–water partition coefficient (Wildman–Crippen LogP) is 1.85. The smallest absolute Gasteiger partial charge is 0.535 e. The molecular formula is C10H8BO3. The second-order valence-corrected chi connectivity index (χ2v) is 2.70. The third-order valence-corrected chi connectivity index (χ3v) is 1.84. The molecule has 0 saturated heterocycles. The van der Waals surface area contributed by atoms with Gasteiger partial charge in [0.2, 0.25) is 0 Å². The Labute approximate surface area is 82.2 Å². The van der Waals surface area contributed by atoms with Crippen LogP contribution in [-0.2, 0) is 0 Å². The van der Waals surface area contributed by atoms with Gasteiger partial charge in [0, 0.05) is 11.6 Å². The van der Waals surface area contributed by atoms with Gasteiger partial charge in [0.1, 0.15) is 5.75 Å². The van der Waals surface area contributed by atoms with Gasteiger partial charge in [-0.3, -0.25) is 0 Å². The number of hydrogen-bond acceptors (Lipinski definition) is 3. The highest BCUT2D eigenvalue weighted by molar-refractivity contribution is 6.17. The lowest BCUT2D eigenvalue weighted by Gasteiger charge is -2.01. The first-order valence-corrected chi connectivity index (χ1v) is 4.17. The molecular weight excluding hydrogens is 179 g/mol. The Balaban J connectivity index is 2.37. The van der Waals surface area contributed by atoms with Crippen molar-refractivity contribution in [3.8, 4) is 17.1 Å². The summed E-state index contributed by atoms with van der Waals surface area (Å²) < 4.78 is 10.1. The van der Waals surface area contributed by atoms with Crippen molar-refractivity contribution in [2.24, 2.45) is 0 Å². The van der Waals surface area contributed by atoms with Gasteiger partial charge < -0.3 is 14.1 Å². The predicted molar refractivity (Wildman–Crippen MR) is 52.7 cm³/mol. The van der Waals surface area contributed by atoms with Crippen molar-refractivity contribution in [2.75, 3.05) is 0 Å². The molecule has 1 aromatic heterocycles. The van der Waals surface area contributed by atoms with E-state index in [0.717, 1.165) is 5.56 Å². The van der Waals surface area contributed by atoms with E-state index in [-0.39, 0.29) is 0 Å². The van der Waals surface area contributed by atoms with E-state index in [0.29, 0.717) is 19.2 Å². The Morgan fingerprint density at radius 1 is 1.14 bits per heavy atom. The van der Waals surface area contributed by atoms with Crippen LogP contribution >= 0.6 is 0 Å². The maximum Gasteiger partial charge on any atom is 0.569 e. The summed E-state index contributed by atoms with van der Waals surface area (Å²) >= 11 is 0. The zero-order chi connectivity index (χ0) is 9.80. The molecule has 4 heteroatoms. The van der Waals surface area contributed by atoms with E-state index >= 15 is 0 Å². The van der Waals surface area contributed by atoms with Crippen LogP contribution in [0.15, 0.2) is 47.1 Å². The summed E-state index contributed by atoms with van der Waals surface area (Å²) in [7, 11) is 0.636. The Kier molecular flexibility index (Phi) is 2.56. The molecule has 0 bridgehead atoms. The standard InChI is InChI=1S/C10H8BO3/c12-11-14-9-6-7-13-10(9)8-4-2-1-3-5-8/h1-7,12H. The van der Waals surface area contributed by atoms with E-state index in [1.807, 2.05) is 30.3 Å². The largest absolute Gasteiger partial charge is 0.569 e. The number of rotatable bonds is 3. The molecule has 1 aromatic carbocycles. The second kappa shape index (κ2) is 4.02. The highest BCUT2D eigenvalue weighted by atomic mass is 16.5. The Morgan fingerprint density at radius 2 is 1.93 bits per heavy atom. The van der Waals surface area contributed by atoms with E-state index < -0.39 is 0 Å². The monoisotopic (exact) mass is 187 g/mol. The minimum absolute atomic E-state index is 0.499. The van der Waals surface area contributed by atoms with Crippen LogP contribution in [0.25, 0.3) is 11.3 Å². The van der Waals surface area contributed by atoms with Gasteiger partial charge in [-0.25, -0.2) is 0 Å². The summed E-state index contributed by atoms with van der Waals surface area (Å²) in [5.41, 5.74) is 0.911. The Bertz CT molecular complexity index is 397. The van der Waals surface area contributed by atoms with Gasteiger partial charge in [-0.05, 0) is 0 Å². The highest BCUT2D eigenvalue weighted by Gasteiger charge is 2.09. The van der Waals surface area contributed by atoms with Crippen molar-refractivity contribution in [2.45, 2.75) is 0 Å². The molecule has 0 saturated carbocycles. The van der Waals surface area contributed by atoms with Crippen LogP contribution in [0, 0.1) is 0 Å². The topological polar surface area (TPSA) is 42.6 Å². The van der Waals surface area contributed by atoms with E-state index in [9.17, 15) is 0 Å². The average molecular weight is 187 g/mol. The zero-order valence-electron chi connectivity index (χ0n) is 7.38. The van der Waals surface area contributed by atoms with Crippen molar-refractivity contribution in [1.82, 2.24) is 0 Å². The highest BCUT2D eigenvalue weighted by Crippen LogP contribution is 2.30. The molecule has 1 N–H and O–H groups in total. The summed E-state index contributed by atoms with van der Waals surface area (Å²) in [5, 5.41) is 8.52. The molecule has 0 fully saturated rings. The molecule has 0 amide bonds. The summed E-state index contributed by atoms with van der Waals surface area (Å²) in [6.45, 7) is 0. The van der Waals surface area contributed by atoms with E-state index in [2.05, 4.69) is 0 Å². The van der Waals surface area contributed by atoms with E-state index in [1.54, 1.807) is 6.07 Å². The summed E-state index contributed by atoms with van der Waals surface area (Å²) in [6, 6.07) is 11.2. The minimum atomic E-state index is 0.499. The van der Waals surface area contributed by atoms with Crippen LogP contribution in [0.1, 0.15) is 0 Å². The van der Waals surface area contributed by atoms with Gasteiger partial charge in [-0.15, -0.1) is 0 Å². The van der Waals surface area contributed by atoms with Crippen LogP contribution in [-0.4, -0.2) is 12.7 Å². The van der Waals surface area contributed by atoms with Crippen LogP contribution in [0.3, 0.4) is 0 Å². The van der Waals surface area contributed by atoms with Crippen molar-refractivity contribution in [3.63, 3.8) is 0 Å². The van der Waals surface area contributed by atoms with Gasteiger partial charge in [0.25, 0.3) is 0 Å². The zero-order valence-corrected chi connectivity index (χ0v) is 7.38. The molecule has 0 atom stereocenters. The Morgan fingerprint density at radius 3 is 2.64 bits per heavy atom. The molecule has 14 heavy (non-hydrogen) atoms. The second-order valence-electron chi connectivity index (χ2n) is 2.70. The summed E-state index contributed by atoms with van der Waals surface area (Å²) in [6.07, 6.45) is 1.52. The lowest BCUT2D eigenvalue weighted by Crippen LogP contribution is -1.99. The van der Waals surface area contributed by atoms with Crippen molar-refractivity contribution in [3.05, 3.63) is 42.7 Å². The summed E-state index contributed by atoms with van der Waals surface area (Å²) in [4.78, 5) is 0. The first-order valence-electron chi connectivity index (χ1n) is 4.17. The van der Waals surface area contributed by atoms with Gasteiger partial charge in [0.05, 0.1) is 6.26 Å². The van der Waals surface area contributed by atoms with Gasteiger partial charge in [-0.2, -0.15) is 0 Å². The van der Waals surface area contributed by atoms with Crippen LogP contribution < -0.4 is 4.65 Å². The molecule has 1 radical (unpaired) electrons. The van der Waals surface area contributed by atoms with Crippen molar-refractivity contribution < 1.29 is 14.1 Å². The van der Waals surface area contributed by atoms with Gasteiger partial charge >= 0.3 is 7.69 Å². The molecule has 0 aliphatic heterocycles. The maximum absolute atomic E-state index is 8.52. The lowest BCUT2D eigenvalue weighted by atomic mass is 10.1. The fourth-order valence-corrected chi connectivity index (χ4v) is 1.25. The lowest BCUT2D eigenvalue weighted by molar-refractivity contribution is 0.449. The normalized spacial score (nSPS) is 9.79. The van der Waals surface area contributed by atoms with Gasteiger partial charge in [-0.1, -0.05) is 30.3 Å². The van der Waals surface area contributed by atoms with Gasteiger partial charge in [0.15, 0.2) is 5.76 Å². The fraction of sp³-hybridized carbons (Fsp3) is 0. The molecule has 2 aromatic rings. The number of benzene rings is 1. The quantitative estimate of drug-likeness (QED) is 0.745. The van der Waals surface area contributed by atoms with E-state index in [1.165, 1.54) is 6.26 Å². The first-order chi connectivity index (χ1) is 6.92. The molecule has 0 aliphatic rings. The molecule has 0 aliphatic carbocycles. The van der Waals surface area contributed by atoms with Crippen molar-refractivity contribution >= 4 is 7.69 Å². The van der Waals surface area contributed by atoms with Crippen LogP contribution in [0.5, 0.6) is 5.75 Å². The molecule has 69 valence electrons. The van der Waals surface area contributed by atoms with E-state index in [4.69, 9.17) is 14.1 Å². The summed E-state index contributed by atoms with van der Waals surface area (Å²) in [5.74, 6) is 1.11. The third-order valence-electron chi connectivity index (χ3n) is 1.84. The number of hydrogen-bond donors (Lipinski definition) is 1. The average Bonchev–Trinajstić information content (AvgIpc) is 2.68. The molecule has 0 spiro atoms. The molecule has 2 rings (SSSR count). The third kappa shape index (κ3) is 1.65. The molecule has 3 nitrogen and oxygen atoms in total. The van der Waals surface area contributed by atoms with Crippen LogP contribution in [0.2, 0.25) is 0 Å². The molecule has 1 heterocycles. The van der Waals surface area contributed by atoms with Crippen molar-refractivity contribution in [1.29, 1.82) is 0 Å². The SMILES string of the molecule is O[B]Oc1ccoc1-c1ccccc1. The molecule has 0 unspecified atom stereocenters. The fourth-order valence-electron chi connectivity index (χ4n) is 1.25. The Hall–Kier alpha value is -1.68. The maximum atomic E-state index is 8.52. The number of furan rings is 1.